The van der Waals surface area contributed by atoms with Crippen LogP contribution in [-0.4, -0.2) is 31.0 Å². The Morgan fingerprint density at radius 1 is 1.28 bits per heavy atom. The molecular formula is C23H27N5O2S2. The van der Waals surface area contributed by atoms with Crippen LogP contribution >= 0.6 is 23.1 Å². The lowest BCUT2D eigenvalue weighted by atomic mass is 9.97. The zero-order valence-electron chi connectivity index (χ0n) is 18.0. The number of anilines is 1. The molecule has 1 saturated carbocycles. The van der Waals surface area contributed by atoms with Crippen LogP contribution in [0.15, 0.2) is 34.9 Å². The maximum Gasteiger partial charge on any atom is 0.263 e. The number of aryl methyl sites for hydroxylation is 2. The molecule has 0 unspecified atom stereocenters. The minimum Gasteiger partial charge on any atom is -0.310 e. The minimum absolute atomic E-state index is 0.0171. The highest BCUT2D eigenvalue weighted by molar-refractivity contribution is 7.99. The van der Waals surface area contributed by atoms with Gasteiger partial charge in [0.2, 0.25) is 5.91 Å². The van der Waals surface area contributed by atoms with Gasteiger partial charge in [0.25, 0.3) is 5.56 Å². The van der Waals surface area contributed by atoms with Crippen LogP contribution in [0.25, 0.3) is 10.2 Å². The molecule has 0 spiro atoms. The van der Waals surface area contributed by atoms with Gasteiger partial charge in [-0.25, -0.2) is 9.67 Å². The first-order valence-corrected chi connectivity index (χ1v) is 13.1. The van der Waals surface area contributed by atoms with E-state index in [0.29, 0.717) is 17.7 Å². The molecule has 3 aromatic rings. The summed E-state index contributed by atoms with van der Waals surface area (Å²) < 4.78 is 3.58. The van der Waals surface area contributed by atoms with E-state index in [-0.39, 0.29) is 17.2 Å². The van der Waals surface area contributed by atoms with Gasteiger partial charge in [-0.2, -0.15) is 5.10 Å². The Kier molecular flexibility index (Phi) is 6.19. The largest absolute Gasteiger partial charge is 0.310 e. The molecule has 0 radical (unpaired) electrons. The van der Waals surface area contributed by atoms with Crippen molar-refractivity contribution in [3.63, 3.8) is 0 Å². The summed E-state index contributed by atoms with van der Waals surface area (Å²) in [6.45, 7) is 4.18. The highest BCUT2D eigenvalue weighted by Gasteiger charge is 2.23. The normalized spacial score (nSPS) is 16.4. The van der Waals surface area contributed by atoms with Crippen molar-refractivity contribution in [2.45, 2.75) is 69.1 Å². The highest BCUT2D eigenvalue weighted by atomic mass is 32.2. The van der Waals surface area contributed by atoms with E-state index in [1.54, 1.807) is 28.2 Å². The fourth-order valence-electron chi connectivity index (χ4n) is 4.78. The second-order valence-electron chi connectivity index (χ2n) is 8.43. The molecule has 0 aromatic carbocycles. The van der Waals surface area contributed by atoms with Crippen LogP contribution in [0.3, 0.4) is 0 Å². The number of allylic oxidation sites excluding steroid dienone is 1. The first-order valence-electron chi connectivity index (χ1n) is 11.3. The Morgan fingerprint density at radius 3 is 2.91 bits per heavy atom. The number of hydrogen-bond donors (Lipinski definition) is 1. The molecule has 5 rings (SSSR count). The van der Waals surface area contributed by atoms with Gasteiger partial charge in [-0.1, -0.05) is 30.7 Å². The van der Waals surface area contributed by atoms with Crippen molar-refractivity contribution in [3.8, 4) is 0 Å². The van der Waals surface area contributed by atoms with Crippen molar-refractivity contribution in [2.24, 2.45) is 0 Å². The molecule has 0 saturated heterocycles. The van der Waals surface area contributed by atoms with Gasteiger partial charge >= 0.3 is 0 Å². The van der Waals surface area contributed by atoms with Gasteiger partial charge in [0.15, 0.2) is 5.16 Å². The van der Waals surface area contributed by atoms with Gasteiger partial charge in [-0.3, -0.25) is 14.2 Å². The average molecular weight is 470 g/mol. The molecule has 0 aliphatic heterocycles. The molecule has 1 fully saturated rings. The number of nitrogens with zero attached hydrogens (tertiary/aromatic N) is 4. The first kappa shape index (κ1) is 21.5. The SMILES string of the molecule is C=CCn1c(SCC(=O)Nc2ccnn2C2CCCC2)nc2sc3c(c2c1=O)CCCC3. The number of carbonyl (C=O) groups is 1. The third-order valence-electron chi connectivity index (χ3n) is 6.29. The van der Waals surface area contributed by atoms with E-state index in [9.17, 15) is 9.59 Å². The summed E-state index contributed by atoms with van der Waals surface area (Å²) >= 11 is 2.93. The molecule has 1 N–H and O–H groups in total. The highest BCUT2D eigenvalue weighted by Crippen LogP contribution is 2.35. The first-order chi connectivity index (χ1) is 15.7. The van der Waals surface area contributed by atoms with Crippen molar-refractivity contribution in [2.75, 3.05) is 11.1 Å². The summed E-state index contributed by atoms with van der Waals surface area (Å²) in [4.78, 5) is 32.9. The summed E-state index contributed by atoms with van der Waals surface area (Å²) in [6, 6.07) is 2.20. The summed E-state index contributed by atoms with van der Waals surface area (Å²) in [5, 5.41) is 8.74. The average Bonchev–Trinajstić information content (AvgIpc) is 3.53. The maximum absolute atomic E-state index is 13.3. The quantitative estimate of drug-likeness (QED) is 0.312. The monoisotopic (exact) mass is 469 g/mol. The Labute approximate surface area is 194 Å². The molecule has 3 aromatic heterocycles. The van der Waals surface area contributed by atoms with Crippen molar-refractivity contribution >= 4 is 45.0 Å². The molecular weight excluding hydrogens is 442 g/mol. The van der Waals surface area contributed by atoms with Crippen LogP contribution in [0.5, 0.6) is 0 Å². The predicted molar refractivity (Wildman–Crippen MR) is 130 cm³/mol. The van der Waals surface area contributed by atoms with Crippen LogP contribution in [-0.2, 0) is 24.2 Å². The van der Waals surface area contributed by atoms with Gasteiger partial charge in [-0.05, 0) is 44.1 Å². The van der Waals surface area contributed by atoms with Gasteiger partial charge < -0.3 is 5.32 Å². The van der Waals surface area contributed by atoms with Crippen molar-refractivity contribution in [3.05, 3.63) is 45.7 Å². The molecule has 9 heteroatoms. The minimum atomic E-state index is -0.125. The van der Waals surface area contributed by atoms with E-state index >= 15 is 0 Å². The number of carbonyl (C=O) groups excluding carboxylic acids is 1. The fourth-order valence-corrected chi connectivity index (χ4v) is 6.89. The Balaban J connectivity index is 1.36. The number of nitrogens with one attached hydrogen (secondary N) is 1. The van der Waals surface area contributed by atoms with Crippen molar-refractivity contribution in [1.29, 1.82) is 0 Å². The molecule has 1 amide bonds. The van der Waals surface area contributed by atoms with Crippen molar-refractivity contribution in [1.82, 2.24) is 19.3 Å². The van der Waals surface area contributed by atoms with Crippen LogP contribution < -0.4 is 10.9 Å². The fraction of sp³-hybridized carbons (Fsp3) is 0.478. The molecule has 168 valence electrons. The van der Waals surface area contributed by atoms with Crippen LogP contribution in [0.2, 0.25) is 0 Å². The number of hydrogen-bond acceptors (Lipinski definition) is 6. The number of amides is 1. The summed E-state index contributed by atoms with van der Waals surface area (Å²) in [5.74, 6) is 0.788. The number of thioether (sulfide) groups is 1. The molecule has 0 bridgehead atoms. The van der Waals surface area contributed by atoms with E-state index in [1.165, 1.54) is 41.5 Å². The summed E-state index contributed by atoms with van der Waals surface area (Å²) in [5.41, 5.74) is 1.16. The third kappa shape index (κ3) is 4.03. The Morgan fingerprint density at radius 2 is 2.09 bits per heavy atom. The number of thiophene rings is 1. The van der Waals surface area contributed by atoms with E-state index in [1.807, 2.05) is 10.7 Å². The lowest BCUT2D eigenvalue weighted by molar-refractivity contribution is -0.113. The van der Waals surface area contributed by atoms with Crippen LogP contribution in [0.4, 0.5) is 5.82 Å². The summed E-state index contributed by atoms with van der Waals surface area (Å²) in [7, 11) is 0. The number of fused-ring (bicyclic) bond motifs is 3. The van der Waals surface area contributed by atoms with E-state index in [4.69, 9.17) is 4.98 Å². The molecule has 0 atom stereocenters. The van der Waals surface area contributed by atoms with Gasteiger partial charge in [0.05, 0.1) is 23.4 Å². The third-order valence-corrected chi connectivity index (χ3v) is 8.45. The van der Waals surface area contributed by atoms with Gasteiger partial charge in [0, 0.05) is 17.5 Å². The lowest BCUT2D eigenvalue weighted by Gasteiger charge is -2.15. The van der Waals surface area contributed by atoms with Crippen molar-refractivity contribution < 1.29 is 4.79 Å². The second-order valence-corrected chi connectivity index (χ2v) is 10.5. The maximum atomic E-state index is 13.3. The number of rotatable bonds is 7. The predicted octanol–water partition coefficient (Wildman–Crippen LogP) is 4.57. The molecule has 7 nitrogen and oxygen atoms in total. The van der Waals surface area contributed by atoms with Gasteiger partial charge in [-0.15, -0.1) is 17.9 Å². The van der Waals surface area contributed by atoms with E-state index in [2.05, 4.69) is 17.0 Å². The summed E-state index contributed by atoms with van der Waals surface area (Å²) in [6.07, 6.45) is 12.3. The zero-order valence-corrected chi connectivity index (χ0v) is 19.6. The topological polar surface area (TPSA) is 81.8 Å². The van der Waals surface area contributed by atoms with Crippen LogP contribution in [0.1, 0.15) is 55.0 Å². The standard InChI is InChI=1S/C23H27N5O2S2/c1-2-13-27-22(30)20-16-9-5-6-10-17(16)32-21(20)26-23(27)31-14-19(29)25-18-11-12-24-28(18)15-7-3-4-8-15/h2,11-12,15H,1,3-10,13-14H2,(H,25,29). The molecule has 32 heavy (non-hydrogen) atoms. The Hall–Kier alpha value is -2.39. The van der Waals surface area contributed by atoms with Gasteiger partial charge in [0.1, 0.15) is 10.6 Å². The second kappa shape index (κ2) is 9.23. The Bertz CT molecular complexity index is 1220. The van der Waals surface area contributed by atoms with E-state index < -0.39 is 0 Å². The smallest absolute Gasteiger partial charge is 0.263 e. The van der Waals surface area contributed by atoms with Crippen LogP contribution in [0, 0.1) is 0 Å². The zero-order chi connectivity index (χ0) is 22.1. The molecule has 2 aliphatic carbocycles. The van der Waals surface area contributed by atoms with E-state index in [0.717, 1.165) is 48.1 Å². The number of aromatic nitrogens is 4. The molecule has 3 heterocycles. The lowest BCUT2D eigenvalue weighted by Crippen LogP contribution is -2.24. The molecule has 2 aliphatic rings.